The van der Waals surface area contributed by atoms with Gasteiger partial charge in [-0.2, -0.15) is 0 Å². The fourth-order valence-electron chi connectivity index (χ4n) is 2.20. The van der Waals surface area contributed by atoms with Gasteiger partial charge in [0.2, 0.25) is 6.10 Å². The number of benzene rings is 2. The zero-order valence-electron chi connectivity index (χ0n) is 12.4. The molecular formula is C18H16ClNO3. The summed E-state index contributed by atoms with van der Waals surface area (Å²) < 4.78 is 5.46. The van der Waals surface area contributed by atoms with Gasteiger partial charge in [-0.05, 0) is 31.0 Å². The summed E-state index contributed by atoms with van der Waals surface area (Å²) in [6.07, 6.45) is 0.966. The second-order valence-electron chi connectivity index (χ2n) is 5.49. The van der Waals surface area contributed by atoms with Gasteiger partial charge in [-0.3, -0.25) is 4.79 Å². The minimum absolute atomic E-state index is 0.193. The number of nitrogens with one attached hydrogen (secondary N) is 1. The maximum absolute atomic E-state index is 12.4. The lowest BCUT2D eigenvalue weighted by Crippen LogP contribution is -2.33. The van der Waals surface area contributed by atoms with E-state index in [4.69, 9.17) is 16.3 Å². The van der Waals surface area contributed by atoms with E-state index in [2.05, 4.69) is 5.32 Å². The Hall–Kier alpha value is -2.33. The highest BCUT2D eigenvalue weighted by Gasteiger charge is 2.31. The second kappa shape index (κ2) is 6.84. The van der Waals surface area contributed by atoms with Crippen molar-refractivity contribution < 1.29 is 14.3 Å². The van der Waals surface area contributed by atoms with Crippen LogP contribution in [0.5, 0.6) is 0 Å². The van der Waals surface area contributed by atoms with Gasteiger partial charge in [0.25, 0.3) is 5.91 Å². The molecule has 2 aromatic rings. The van der Waals surface area contributed by atoms with Crippen molar-refractivity contribution in [3.63, 3.8) is 0 Å². The van der Waals surface area contributed by atoms with E-state index in [9.17, 15) is 9.59 Å². The summed E-state index contributed by atoms with van der Waals surface area (Å²) in [7, 11) is 0. The van der Waals surface area contributed by atoms with Crippen molar-refractivity contribution in [3.05, 3.63) is 70.7 Å². The third-order valence-electron chi connectivity index (χ3n) is 3.55. The van der Waals surface area contributed by atoms with Gasteiger partial charge in [0, 0.05) is 16.6 Å². The van der Waals surface area contributed by atoms with Crippen LogP contribution in [0, 0.1) is 0 Å². The molecule has 118 valence electrons. The lowest BCUT2D eigenvalue weighted by Gasteiger charge is -2.18. The average molecular weight is 330 g/mol. The van der Waals surface area contributed by atoms with Crippen LogP contribution in [0.15, 0.2) is 54.6 Å². The summed E-state index contributed by atoms with van der Waals surface area (Å²) in [5.41, 5.74) is 0.957. The number of hydrogen-bond donors (Lipinski definition) is 1. The first kappa shape index (κ1) is 15.6. The Morgan fingerprint density at radius 2 is 1.83 bits per heavy atom. The Bertz CT molecular complexity index is 713. The first-order chi connectivity index (χ1) is 11.1. The molecule has 1 saturated carbocycles. The minimum Gasteiger partial charge on any atom is -0.444 e. The van der Waals surface area contributed by atoms with Crippen LogP contribution >= 0.6 is 11.6 Å². The number of carbonyl (C=O) groups is 2. The smallest absolute Gasteiger partial charge is 0.339 e. The number of ether oxygens (including phenoxy) is 1. The summed E-state index contributed by atoms with van der Waals surface area (Å²) in [5.74, 6) is -0.874. The Balaban J connectivity index is 1.80. The van der Waals surface area contributed by atoms with E-state index in [-0.39, 0.29) is 11.9 Å². The molecule has 0 radical (unpaired) electrons. The highest BCUT2D eigenvalue weighted by molar-refractivity contribution is 6.30. The van der Waals surface area contributed by atoms with Crippen molar-refractivity contribution in [1.29, 1.82) is 0 Å². The van der Waals surface area contributed by atoms with Crippen LogP contribution < -0.4 is 5.32 Å². The van der Waals surface area contributed by atoms with Crippen LogP contribution in [0.3, 0.4) is 0 Å². The predicted octanol–water partition coefficient (Wildman–Crippen LogP) is 3.52. The Labute approximate surface area is 139 Å². The van der Waals surface area contributed by atoms with E-state index < -0.39 is 12.1 Å². The summed E-state index contributed by atoms with van der Waals surface area (Å²) >= 11 is 5.90. The first-order valence-corrected chi connectivity index (χ1v) is 7.83. The molecule has 1 atom stereocenters. The van der Waals surface area contributed by atoms with Gasteiger partial charge in [0.1, 0.15) is 0 Å². The van der Waals surface area contributed by atoms with Crippen molar-refractivity contribution in [2.24, 2.45) is 0 Å². The number of rotatable bonds is 5. The van der Waals surface area contributed by atoms with Crippen LogP contribution in [0.1, 0.15) is 34.9 Å². The summed E-state index contributed by atoms with van der Waals surface area (Å²) in [5, 5.41) is 3.32. The Kier molecular flexibility index (Phi) is 4.63. The lowest BCUT2D eigenvalue weighted by atomic mass is 10.1. The molecule has 1 fully saturated rings. The quantitative estimate of drug-likeness (QED) is 0.854. The molecule has 0 bridgehead atoms. The fraction of sp³-hybridized carbons (Fsp3) is 0.222. The van der Waals surface area contributed by atoms with E-state index in [1.165, 1.54) is 6.07 Å². The van der Waals surface area contributed by atoms with Gasteiger partial charge >= 0.3 is 5.97 Å². The zero-order chi connectivity index (χ0) is 16.2. The molecule has 0 saturated heterocycles. The molecule has 1 amide bonds. The highest BCUT2D eigenvalue weighted by Crippen LogP contribution is 2.24. The molecular weight excluding hydrogens is 314 g/mol. The maximum atomic E-state index is 12.4. The van der Waals surface area contributed by atoms with E-state index in [0.29, 0.717) is 16.1 Å². The van der Waals surface area contributed by atoms with E-state index >= 15 is 0 Å². The predicted molar refractivity (Wildman–Crippen MR) is 87.2 cm³/mol. The van der Waals surface area contributed by atoms with Crippen LogP contribution in [0.4, 0.5) is 0 Å². The Morgan fingerprint density at radius 3 is 2.48 bits per heavy atom. The van der Waals surface area contributed by atoms with Gasteiger partial charge in [-0.15, -0.1) is 0 Å². The normalized spacial score (nSPS) is 14.8. The van der Waals surface area contributed by atoms with Crippen molar-refractivity contribution in [3.8, 4) is 0 Å². The third-order valence-corrected chi connectivity index (χ3v) is 3.78. The molecule has 3 rings (SSSR count). The van der Waals surface area contributed by atoms with E-state index in [1.807, 2.05) is 6.07 Å². The topological polar surface area (TPSA) is 55.4 Å². The van der Waals surface area contributed by atoms with Gasteiger partial charge in [0.15, 0.2) is 0 Å². The van der Waals surface area contributed by atoms with Crippen LogP contribution in [-0.2, 0) is 9.53 Å². The van der Waals surface area contributed by atoms with Crippen LogP contribution in [0.2, 0.25) is 5.02 Å². The molecule has 2 aromatic carbocycles. The fourth-order valence-corrected chi connectivity index (χ4v) is 2.39. The molecule has 0 spiro atoms. The number of carbonyl (C=O) groups excluding carboxylic acids is 2. The third kappa shape index (κ3) is 4.11. The van der Waals surface area contributed by atoms with Crippen molar-refractivity contribution in [2.45, 2.75) is 25.0 Å². The Morgan fingerprint density at radius 1 is 1.09 bits per heavy atom. The van der Waals surface area contributed by atoms with E-state index in [1.54, 1.807) is 42.5 Å². The maximum Gasteiger partial charge on any atom is 0.339 e. The molecule has 0 aliphatic heterocycles. The van der Waals surface area contributed by atoms with Crippen molar-refractivity contribution >= 4 is 23.5 Å². The SMILES string of the molecule is O=C(O[C@@H](C(=O)NC1CC1)c1ccccc1)c1cccc(Cl)c1. The summed E-state index contributed by atoms with van der Waals surface area (Å²) in [4.78, 5) is 24.7. The zero-order valence-corrected chi connectivity index (χ0v) is 13.1. The molecule has 0 unspecified atom stereocenters. The molecule has 0 aromatic heterocycles. The number of hydrogen-bond acceptors (Lipinski definition) is 3. The monoisotopic (exact) mass is 329 g/mol. The first-order valence-electron chi connectivity index (χ1n) is 7.45. The molecule has 1 N–H and O–H groups in total. The molecule has 0 heterocycles. The van der Waals surface area contributed by atoms with Crippen molar-refractivity contribution in [1.82, 2.24) is 5.32 Å². The number of esters is 1. The van der Waals surface area contributed by atoms with E-state index in [0.717, 1.165) is 12.8 Å². The molecule has 4 nitrogen and oxygen atoms in total. The number of halogens is 1. The molecule has 1 aliphatic carbocycles. The summed E-state index contributed by atoms with van der Waals surface area (Å²) in [6.45, 7) is 0. The van der Waals surface area contributed by atoms with Gasteiger partial charge in [-0.25, -0.2) is 4.79 Å². The van der Waals surface area contributed by atoms with Gasteiger partial charge in [-0.1, -0.05) is 48.0 Å². The largest absolute Gasteiger partial charge is 0.444 e. The highest BCUT2D eigenvalue weighted by atomic mass is 35.5. The lowest BCUT2D eigenvalue weighted by molar-refractivity contribution is -0.130. The summed E-state index contributed by atoms with van der Waals surface area (Å²) in [6, 6.07) is 15.6. The van der Waals surface area contributed by atoms with Crippen LogP contribution in [-0.4, -0.2) is 17.9 Å². The molecule has 5 heteroatoms. The van der Waals surface area contributed by atoms with Crippen LogP contribution in [0.25, 0.3) is 0 Å². The average Bonchev–Trinajstić information content (AvgIpc) is 3.37. The minimum atomic E-state index is -0.969. The van der Waals surface area contributed by atoms with Gasteiger partial charge in [0.05, 0.1) is 5.56 Å². The number of amides is 1. The standard InChI is InChI=1S/C18H16ClNO3/c19-14-8-4-7-13(11-14)18(22)23-16(12-5-2-1-3-6-12)17(21)20-15-9-10-15/h1-8,11,15-16H,9-10H2,(H,20,21)/t16-/m1/s1. The van der Waals surface area contributed by atoms with Gasteiger partial charge < -0.3 is 10.1 Å². The molecule has 1 aliphatic rings. The second-order valence-corrected chi connectivity index (χ2v) is 5.93. The van der Waals surface area contributed by atoms with Crippen molar-refractivity contribution in [2.75, 3.05) is 0 Å². The molecule has 23 heavy (non-hydrogen) atoms.